The first-order valence-corrected chi connectivity index (χ1v) is 8.38. The molecule has 1 amide bonds. The van der Waals surface area contributed by atoms with Crippen molar-refractivity contribution in [1.82, 2.24) is 15.5 Å². The highest BCUT2D eigenvalue weighted by Gasteiger charge is 2.37. The summed E-state index contributed by atoms with van der Waals surface area (Å²) in [7, 11) is 0. The Morgan fingerprint density at radius 3 is 2.75 bits per heavy atom. The fourth-order valence-corrected chi connectivity index (χ4v) is 3.42. The summed E-state index contributed by atoms with van der Waals surface area (Å²) in [5.41, 5.74) is -0.158. The van der Waals surface area contributed by atoms with Crippen molar-refractivity contribution in [1.29, 1.82) is 0 Å². The van der Waals surface area contributed by atoms with Gasteiger partial charge in [0.1, 0.15) is 0 Å². The monoisotopic (exact) mass is 281 g/mol. The van der Waals surface area contributed by atoms with Crippen molar-refractivity contribution in [2.24, 2.45) is 11.3 Å². The van der Waals surface area contributed by atoms with Crippen molar-refractivity contribution in [2.75, 3.05) is 39.3 Å². The Balaban J connectivity index is 1.71. The van der Waals surface area contributed by atoms with Crippen molar-refractivity contribution in [3.8, 4) is 0 Å². The van der Waals surface area contributed by atoms with E-state index in [9.17, 15) is 4.79 Å². The van der Waals surface area contributed by atoms with Crippen LogP contribution >= 0.6 is 0 Å². The van der Waals surface area contributed by atoms with Gasteiger partial charge in [-0.2, -0.15) is 0 Å². The molecule has 20 heavy (non-hydrogen) atoms. The summed E-state index contributed by atoms with van der Waals surface area (Å²) < 4.78 is 0. The van der Waals surface area contributed by atoms with E-state index in [2.05, 4.69) is 29.4 Å². The first-order chi connectivity index (χ1) is 9.66. The maximum Gasteiger partial charge on any atom is 0.227 e. The van der Waals surface area contributed by atoms with Crippen molar-refractivity contribution >= 4 is 5.91 Å². The Hall–Kier alpha value is -0.610. The molecule has 116 valence electrons. The lowest BCUT2D eigenvalue weighted by molar-refractivity contribution is -0.132. The third kappa shape index (κ3) is 3.95. The molecule has 0 aromatic carbocycles. The highest BCUT2D eigenvalue weighted by atomic mass is 16.2. The van der Waals surface area contributed by atoms with Crippen LogP contribution in [0, 0.1) is 11.3 Å². The number of nitrogens with one attached hydrogen (secondary N) is 2. The van der Waals surface area contributed by atoms with E-state index in [-0.39, 0.29) is 11.3 Å². The van der Waals surface area contributed by atoms with Crippen molar-refractivity contribution < 1.29 is 4.79 Å². The van der Waals surface area contributed by atoms with Crippen LogP contribution in [-0.4, -0.2) is 50.1 Å². The highest BCUT2D eigenvalue weighted by molar-refractivity contribution is 5.83. The minimum absolute atomic E-state index is 0.158. The second-order valence-corrected chi connectivity index (χ2v) is 6.69. The summed E-state index contributed by atoms with van der Waals surface area (Å²) in [6.45, 7) is 10.6. The lowest BCUT2D eigenvalue weighted by atomic mass is 9.77. The Morgan fingerprint density at radius 1 is 1.40 bits per heavy atom. The van der Waals surface area contributed by atoms with Crippen LogP contribution in [-0.2, 0) is 4.79 Å². The fourth-order valence-electron chi connectivity index (χ4n) is 3.42. The van der Waals surface area contributed by atoms with E-state index in [0.717, 1.165) is 51.4 Å². The first-order valence-electron chi connectivity index (χ1n) is 8.38. The standard InChI is InChI=1S/C16H31N3O/c1-3-16(7-4-8-17-13-16)15(20)18-9-12-19-10-5-14(2)6-11-19/h14,17H,3-13H2,1-2H3,(H,18,20). The van der Waals surface area contributed by atoms with Gasteiger partial charge < -0.3 is 15.5 Å². The van der Waals surface area contributed by atoms with E-state index in [1.165, 1.54) is 25.9 Å². The molecule has 0 radical (unpaired) electrons. The number of nitrogens with zero attached hydrogens (tertiary/aromatic N) is 1. The molecular weight excluding hydrogens is 250 g/mol. The number of likely N-dealkylation sites (tertiary alicyclic amines) is 1. The maximum absolute atomic E-state index is 12.5. The number of piperidine rings is 2. The molecule has 0 aromatic heterocycles. The number of carbonyl (C=O) groups excluding carboxylic acids is 1. The predicted octanol–water partition coefficient (Wildman–Crippen LogP) is 1.61. The summed E-state index contributed by atoms with van der Waals surface area (Å²) in [6, 6.07) is 0. The van der Waals surface area contributed by atoms with Crippen LogP contribution in [0.25, 0.3) is 0 Å². The summed E-state index contributed by atoms with van der Waals surface area (Å²) in [4.78, 5) is 15.0. The zero-order valence-corrected chi connectivity index (χ0v) is 13.2. The summed E-state index contributed by atoms with van der Waals surface area (Å²) >= 11 is 0. The van der Waals surface area contributed by atoms with E-state index < -0.39 is 0 Å². The van der Waals surface area contributed by atoms with Crippen molar-refractivity contribution in [3.63, 3.8) is 0 Å². The number of carbonyl (C=O) groups is 1. The Morgan fingerprint density at radius 2 is 2.15 bits per heavy atom. The van der Waals surface area contributed by atoms with Gasteiger partial charge in [0.05, 0.1) is 5.41 Å². The molecule has 1 atom stereocenters. The molecule has 4 heteroatoms. The van der Waals surface area contributed by atoms with Crippen molar-refractivity contribution in [3.05, 3.63) is 0 Å². The smallest absolute Gasteiger partial charge is 0.227 e. The molecule has 2 N–H and O–H groups in total. The van der Waals surface area contributed by atoms with Gasteiger partial charge in [-0.25, -0.2) is 0 Å². The van der Waals surface area contributed by atoms with Gasteiger partial charge in [0.25, 0.3) is 0 Å². The molecular formula is C16H31N3O. The molecule has 2 saturated heterocycles. The summed E-state index contributed by atoms with van der Waals surface area (Å²) in [5, 5.41) is 6.56. The molecule has 0 bridgehead atoms. The summed E-state index contributed by atoms with van der Waals surface area (Å²) in [6.07, 6.45) is 5.69. The average Bonchev–Trinajstić information content (AvgIpc) is 2.50. The number of hydrogen-bond donors (Lipinski definition) is 2. The van der Waals surface area contributed by atoms with Gasteiger partial charge in [-0.3, -0.25) is 4.79 Å². The SMILES string of the molecule is CCC1(C(=O)NCCN2CCC(C)CC2)CCCNC1. The number of rotatable bonds is 5. The van der Waals surface area contributed by atoms with Crippen LogP contribution in [0.4, 0.5) is 0 Å². The van der Waals surface area contributed by atoms with Crippen LogP contribution in [0.3, 0.4) is 0 Å². The Bertz CT molecular complexity index is 305. The summed E-state index contributed by atoms with van der Waals surface area (Å²) in [5.74, 6) is 1.13. The van der Waals surface area contributed by atoms with Gasteiger partial charge in [-0.15, -0.1) is 0 Å². The molecule has 2 aliphatic rings. The van der Waals surface area contributed by atoms with Crippen LogP contribution in [0.5, 0.6) is 0 Å². The van der Waals surface area contributed by atoms with E-state index >= 15 is 0 Å². The zero-order chi connectivity index (χ0) is 14.4. The lowest BCUT2D eigenvalue weighted by Gasteiger charge is -2.36. The second-order valence-electron chi connectivity index (χ2n) is 6.69. The largest absolute Gasteiger partial charge is 0.354 e. The molecule has 0 spiro atoms. The van der Waals surface area contributed by atoms with Crippen LogP contribution in [0.2, 0.25) is 0 Å². The van der Waals surface area contributed by atoms with Gasteiger partial charge >= 0.3 is 0 Å². The molecule has 2 fully saturated rings. The third-order valence-corrected chi connectivity index (χ3v) is 5.22. The minimum atomic E-state index is -0.158. The number of hydrogen-bond acceptors (Lipinski definition) is 3. The fraction of sp³-hybridized carbons (Fsp3) is 0.938. The molecule has 2 aliphatic heterocycles. The van der Waals surface area contributed by atoms with E-state index in [0.29, 0.717) is 0 Å². The lowest BCUT2D eigenvalue weighted by Crippen LogP contribution is -2.51. The van der Waals surface area contributed by atoms with E-state index in [1.54, 1.807) is 0 Å². The van der Waals surface area contributed by atoms with E-state index in [1.807, 2.05) is 0 Å². The predicted molar refractivity (Wildman–Crippen MR) is 82.7 cm³/mol. The minimum Gasteiger partial charge on any atom is -0.354 e. The van der Waals surface area contributed by atoms with Crippen LogP contribution < -0.4 is 10.6 Å². The molecule has 0 aliphatic carbocycles. The van der Waals surface area contributed by atoms with E-state index in [4.69, 9.17) is 0 Å². The van der Waals surface area contributed by atoms with Gasteiger partial charge in [0.15, 0.2) is 0 Å². The van der Waals surface area contributed by atoms with Crippen LogP contribution in [0.1, 0.15) is 46.0 Å². The van der Waals surface area contributed by atoms with Gasteiger partial charge in [-0.1, -0.05) is 13.8 Å². The normalized spacial score (nSPS) is 29.3. The molecule has 1 unspecified atom stereocenters. The van der Waals surface area contributed by atoms with Gasteiger partial charge in [0, 0.05) is 19.6 Å². The first kappa shape index (κ1) is 15.8. The molecule has 2 heterocycles. The molecule has 4 nitrogen and oxygen atoms in total. The van der Waals surface area contributed by atoms with Crippen LogP contribution in [0.15, 0.2) is 0 Å². The molecule has 2 rings (SSSR count). The Labute approximate surface area is 123 Å². The number of amides is 1. The zero-order valence-electron chi connectivity index (χ0n) is 13.2. The maximum atomic E-state index is 12.5. The van der Waals surface area contributed by atoms with Crippen molar-refractivity contribution in [2.45, 2.75) is 46.0 Å². The van der Waals surface area contributed by atoms with Gasteiger partial charge in [0.2, 0.25) is 5.91 Å². The average molecular weight is 281 g/mol. The van der Waals surface area contributed by atoms with Gasteiger partial charge in [-0.05, 0) is 57.7 Å². The Kier molecular flexibility index (Phi) is 5.85. The highest BCUT2D eigenvalue weighted by Crippen LogP contribution is 2.30. The molecule has 0 saturated carbocycles. The second kappa shape index (κ2) is 7.41. The quantitative estimate of drug-likeness (QED) is 0.805. The molecule has 0 aromatic rings. The topological polar surface area (TPSA) is 44.4 Å². The third-order valence-electron chi connectivity index (χ3n) is 5.22.